The SMILES string of the molecule is O=Cc1cccc2[nH]c(-c3ccccc3NC(=O)OCc3ccccc3)nc12. The zero-order chi connectivity index (χ0) is 19.3. The van der Waals surface area contributed by atoms with Crippen molar-refractivity contribution in [3.05, 3.63) is 83.9 Å². The summed E-state index contributed by atoms with van der Waals surface area (Å²) in [6.45, 7) is 0.183. The fraction of sp³-hybridized carbons (Fsp3) is 0.0455. The van der Waals surface area contributed by atoms with Crippen molar-refractivity contribution in [3.8, 4) is 11.4 Å². The molecule has 0 saturated carbocycles. The molecule has 3 aromatic carbocycles. The predicted molar refractivity (Wildman–Crippen MR) is 107 cm³/mol. The van der Waals surface area contributed by atoms with Crippen LogP contribution in [0.15, 0.2) is 72.8 Å². The number of aldehydes is 1. The van der Waals surface area contributed by atoms with Gasteiger partial charge in [-0.2, -0.15) is 0 Å². The van der Waals surface area contributed by atoms with Gasteiger partial charge in [-0.25, -0.2) is 9.78 Å². The molecule has 0 aliphatic heterocycles. The monoisotopic (exact) mass is 371 g/mol. The molecule has 0 radical (unpaired) electrons. The van der Waals surface area contributed by atoms with Gasteiger partial charge in [-0.1, -0.05) is 48.5 Å². The molecule has 0 bridgehead atoms. The number of hydrogen-bond donors (Lipinski definition) is 2. The maximum Gasteiger partial charge on any atom is 0.411 e. The Kier molecular flexibility index (Phi) is 4.84. The first-order chi connectivity index (χ1) is 13.7. The lowest BCUT2D eigenvalue weighted by Crippen LogP contribution is -2.14. The van der Waals surface area contributed by atoms with Gasteiger partial charge in [0.2, 0.25) is 0 Å². The number of rotatable bonds is 5. The molecule has 0 unspecified atom stereocenters. The minimum Gasteiger partial charge on any atom is -0.444 e. The van der Waals surface area contributed by atoms with Crippen molar-refractivity contribution in [2.45, 2.75) is 6.61 Å². The van der Waals surface area contributed by atoms with E-state index in [-0.39, 0.29) is 6.61 Å². The van der Waals surface area contributed by atoms with Crippen molar-refractivity contribution in [2.24, 2.45) is 0 Å². The van der Waals surface area contributed by atoms with Gasteiger partial charge in [0.15, 0.2) is 6.29 Å². The Labute approximate surface area is 161 Å². The first-order valence-electron chi connectivity index (χ1n) is 8.75. The van der Waals surface area contributed by atoms with Crippen molar-refractivity contribution in [2.75, 3.05) is 5.32 Å². The van der Waals surface area contributed by atoms with Gasteiger partial charge in [0.1, 0.15) is 12.4 Å². The van der Waals surface area contributed by atoms with Gasteiger partial charge in [0.25, 0.3) is 0 Å². The zero-order valence-electron chi connectivity index (χ0n) is 14.9. The third-order valence-corrected chi connectivity index (χ3v) is 4.30. The molecule has 28 heavy (non-hydrogen) atoms. The smallest absolute Gasteiger partial charge is 0.411 e. The number of para-hydroxylation sites is 2. The summed E-state index contributed by atoms with van der Waals surface area (Å²) >= 11 is 0. The molecule has 1 amide bonds. The second-order valence-electron chi connectivity index (χ2n) is 6.18. The summed E-state index contributed by atoms with van der Waals surface area (Å²) in [4.78, 5) is 31.2. The maximum absolute atomic E-state index is 12.2. The maximum atomic E-state index is 12.2. The van der Waals surface area contributed by atoms with E-state index >= 15 is 0 Å². The molecule has 2 N–H and O–H groups in total. The van der Waals surface area contributed by atoms with E-state index in [9.17, 15) is 9.59 Å². The lowest BCUT2D eigenvalue weighted by molar-refractivity contribution is 0.112. The highest BCUT2D eigenvalue weighted by Crippen LogP contribution is 2.28. The van der Waals surface area contributed by atoms with Crippen molar-refractivity contribution >= 4 is 29.1 Å². The van der Waals surface area contributed by atoms with Crippen molar-refractivity contribution in [1.82, 2.24) is 9.97 Å². The Morgan fingerprint density at radius 1 is 1.00 bits per heavy atom. The summed E-state index contributed by atoms with van der Waals surface area (Å²) in [5.74, 6) is 0.559. The number of fused-ring (bicyclic) bond motifs is 1. The van der Waals surface area contributed by atoms with E-state index < -0.39 is 6.09 Å². The number of amides is 1. The summed E-state index contributed by atoms with van der Waals surface area (Å²) in [7, 11) is 0. The fourth-order valence-corrected chi connectivity index (χ4v) is 2.94. The molecular weight excluding hydrogens is 354 g/mol. The van der Waals surface area contributed by atoms with Crippen LogP contribution in [0.25, 0.3) is 22.4 Å². The number of benzene rings is 3. The predicted octanol–water partition coefficient (Wildman–Crippen LogP) is 4.79. The number of aromatic nitrogens is 2. The Bertz CT molecular complexity index is 1140. The molecule has 4 aromatic rings. The molecule has 0 aliphatic rings. The summed E-state index contributed by atoms with van der Waals surface area (Å²) in [6.07, 6.45) is 0.221. The normalized spacial score (nSPS) is 10.6. The molecule has 0 saturated heterocycles. The molecular formula is C22H17N3O3. The first kappa shape index (κ1) is 17.5. The Morgan fingerprint density at radius 2 is 1.79 bits per heavy atom. The van der Waals surface area contributed by atoms with E-state index in [2.05, 4.69) is 15.3 Å². The number of nitrogens with one attached hydrogen (secondary N) is 2. The average molecular weight is 371 g/mol. The van der Waals surface area contributed by atoms with Crippen LogP contribution < -0.4 is 5.32 Å². The topological polar surface area (TPSA) is 84.1 Å². The molecule has 0 aliphatic carbocycles. The highest BCUT2D eigenvalue weighted by atomic mass is 16.5. The van der Waals surface area contributed by atoms with Crippen molar-refractivity contribution in [1.29, 1.82) is 0 Å². The number of anilines is 1. The third kappa shape index (κ3) is 3.61. The standard InChI is InChI=1S/C22H17N3O3/c26-13-16-9-6-12-19-20(16)25-21(23-19)17-10-4-5-11-18(17)24-22(27)28-14-15-7-2-1-3-8-15/h1-13H,14H2,(H,23,25)(H,24,27). The van der Waals surface area contributed by atoms with E-state index in [1.807, 2.05) is 54.6 Å². The number of aromatic amines is 1. The highest BCUT2D eigenvalue weighted by molar-refractivity contribution is 5.97. The third-order valence-electron chi connectivity index (χ3n) is 4.30. The summed E-state index contributed by atoms with van der Waals surface area (Å²) in [6, 6.07) is 22.1. The van der Waals surface area contributed by atoms with Crippen molar-refractivity contribution < 1.29 is 14.3 Å². The van der Waals surface area contributed by atoms with Gasteiger partial charge in [-0.05, 0) is 29.8 Å². The van der Waals surface area contributed by atoms with Crippen LogP contribution in [0.2, 0.25) is 0 Å². The van der Waals surface area contributed by atoms with Crippen LogP contribution in [-0.2, 0) is 11.3 Å². The van der Waals surface area contributed by atoms with Gasteiger partial charge in [0, 0.05) is 11.1 Å². The van der Waals surface area contributed by atoms with E-state index in [0.717, 1.165) is 17.4 Å². The second kappa shape index (κ2) is 7.75. The Balaban J connectivity index is 1.57. The molecule has 138 valence electrons. The highest BCUT2D eigenvalue weighted by Gasteiger charge is 2.14. The number of ether oxygens (including phenoxy) is 1. The van der Waals surface area contributed by atoms with Crippen LogP contribution in [0.4, 0.5) is 10.5 Å². The summed E-state index contributed by atoms with van der Waals surface area (Å²) < 4.78 is 5.29. The van der Waals surface area contributed by atoms with E-state index in [1.54, 1.807) is 18.2 Å². The van der Waals surface area contributed by atoms with Gasteiger partial charge >= 0.3 is 6.09 Å². The van der Waals surface area contributed by atoms with Gasteiger partial charge < -0.3 is 9.72 Å². The quantitative estimate of drug-likeness (QED) is 0.494. The van der Waals surface area contributed by atoms with Crippen LogP contribution in [0.5, 0.6) is 0 Å². The van der Waals surface area contributed by atoms with Crippen molar-refractivity contribution in [3.63, 3.8) is 0 Å². The Hall–Kier alpha value is -3.93. The number of nitrogens with zero attached hydrogens (tertiary/aromatic N) is 1. The summed E-state index contributed by atoms with van der Waals surface area (Å²) in [5.41, 5.74) is 4.02. The molecule has 6 heteroatoms. The van der Waals surface area contributed by atoms with Crippen LogP contribution in [0.1, 0.15) is 15.9 Å². The number of carbonyl (C=O) groups excluding carboxylic acids is 2. The zero-order valence-corrected chi connectivity index (χ0v) is 14.9. The molecule has 0 fully saturated rings. The van der Waals surface area contributed by atoms with Gasteiger partial charge in [-0.15, -0.1) is 0 Å². The number of carbonyl (C=O) groups is 2. The molecule has 0 atom stereocenters. The molecule has 4 rings (SSSR count). The van der Waals surface area contributed by atoms with Crippen LogP contribution in [-0.4, -0.2) is 22.3 Å². The Morgan fingerprint density at radius 3 is 2.61 bits per heavy atom. The molecule has 1 aromatic heterocycles. The number of imidazole rings is 1. The van der Waals surface area contributed by atoms with Gasteiger partial charge in [-0.3, -0.25) is 10.1 Å². The largest absolute Gasteiger partial charge is 0.444 e. The summed E-state index contributed by atoms with van der Waals surface area (Å²) in [5, 5.41) is 2.76. The number of H-pyrrole nitrogens is 1. The van der Waals surface area contributed by atoms with Crippen LogP contribution in [0, 0.1) is 0 Å². The van der Waals surface area contributed by atoms with Crippen LogP contribution >= 0.6 is 0 Å². The average Bonchev–Trinajstić information content (AvgIpc) is 3.17. The second-order valence-corrected chi connectivity index (χ2v) is 6.18. The lowest BCUT2D eigenvalue weighted by atomic mass is 10.1. The first-order valence-corrected chi connectivity index (χ1v) is 8.75. The minimum atomic E-state index is -0.555. The number of hydrogen-bond acceptors (Lipinski definition) is 4. The minimum absolute atomic E-state index is 0.183. The van der Waals surface area contributed by atoms with Crippen LogP contribution in [0.3, 0.4) is 0 Å². The molecule has 6 nitrogen and oxygen atoms in total. The lowest BCUT2D eigenvalue weighted by Gasteiger charge is -2.10. The van der Waals surface area contributed by atoms with Gasteiger partial charge in [0.05, 0.1) is 16.7 Å². The van der Waals surface area contributed by atoms with E-state index in [1.165, 1.54) is 0 Å². The fourth-order valence-electron chi connectivity index (χ4n) is 2.94. The van der Waals surface area contributed by atoms with E-state index in [4.69, 9.17) is 4.74 Å². The molecule has 1 heterocycles. The molecule has 0 spiro atoms. The van der Waals surface area contributed by atoms with E-state index in [0.29, 0.717) is 28.2 Å².